The van der Waals surface area contributed by atoms with E-state index in [1.165, 1.54) is 16.4 Å². The summed E-state index contributed by atoms with van der Waals surface area (Å²) in [6.45, 7) is 6.53. The lowest BCUT2D eigenvalue weighted by atomic mass is 10.1. The summed E-state index contributed by atoms with van der Waals surface area (Å²) in [6.07, 6.45) is 0. The van der Waals surface area contributed by atoms with Gasteiger partial charge in [-0.25, -0.2) is 8.42 Å². The van der Waals surface area contributed by atoms with E-state index in [0.29, 0.717) is 30.8 Å². The van der Waals surface area contributed by atoms with Crippen LogP contribution in [0.2, 0.25) is 0 Å². The van der Waals surface area contributed by atoms with Crippen molar-refractivity contribution in [1.29, 1.82) is 0 Å². The molecular weight excluding hydrogens is 330 g/mol. The Labute approximate surface area is 136 Å². The highest BCUT2D eigenvalue weighted by atomic mass is 35.5. The Balaban J connectivity index is 0.00000242. The maximum atomic E-state index is 12.8. The first-order valence-corrected chi connectivity index (χ1v) is 8.16. The third-order valence-electron chi connectivity index (χ3n) is 3.59. The molecule has 9 heteroatoms. The van der Waals surface area contributed by atoms with Crippen molar-refractivity contribution in [1.82, 2.24) is 9.62 Å². The minimum absolute atomic E-state index is 0. The van der Waals surface area contributed by atoms with Crippen LogP contribution in [0, 0.1) is 24.0 Å². The number of hydrogen-bond donors (Lipinski definition) is 1. The fourth-order valence-corrected chi connectivity index (χ4v) is 4.63. The van der Waals surface area contributed by atoms with Crippen molar-refractivity contribution in [3.8, 4) is 0 Å². The molecule has 1 N–H and O–H groups in total. The number of hydrogen-bond acceptors (Lipinski definition) is 5. The Morgan fingerprint density at radius 2 is 1.86 bits per heavy atom. The summed E-state index contributed by atoms with van der Waals surface area (Å²) in [5.74, 6) is 0. The zero-order valence-electron chi connectivity index (χ0n) is 12.7. The smallest absolute Gasteiger partial charge is 0.270 e. The molecule has 0 bridgehead atoms. The van der Waals surface area contributed by atoms with Crippen LogP contribution in [0.5, 0.6) is 0 Å². The molecule has 7 nitrogen and oxygen atoms in total. The van der Waals surface area contributed by atoms with Gasteiger partial charge in [0, 0.05) is 37.8 Å². The van der Waals surface area contributed by atoms with E-state index in [0.717, 1.165) is 0 Å². The molecule has 1 saturated heterocycles. The van der Waals surface area contributed by atoms with Crippen molar-refractivity contribution in [3.05, 3.63) is 33.4 Å². The molecule has 1 aliphatic rings. The minimum Gasteiger partial charge on any atom is -0.312 e. The molecule has 1 aliphatic heterocycles. The molecule has 0 saturated carbocycles. The summed E-state index contributed by atoms with van der Waals surface area (Å²) in [4.78, 5) is 10.5. The van der Waals surface area contributed by atoms with Gasteiger partial charge < -0.3 is 5.32 Å². The number of non-ortho nitro benzene ring substituents is 1. The van der Waals surface area contributed by atoms with Gasteiger partial charge >= 0.3 is 0 Å². The van der Waals surface area contributed by atoms with Crippen molar-refractivity contribution in [3.63, 3.8) is 0 Å². The number of nitro benzene ring substituents is 1. The number of nitrogens with zero attached hydrogens (tertiary/aromatic N) is 2. The highest BCUT2D eigenvalue weighted by molar-refractivity contribution is 7.89. The second kappa shape index (κ2) is 6.91. The van der Waals surface area contributed by atoms with E-state index in [1.54, 1.807) is 13.8 Å². The molecule has 22 heavy (non-hydrogen) atoms. The maximum Gasteiger partial charge on any atom is 0.270 e. The molecule has 2 rings (SSSR count). The van der Waals surface area contributed by atoms with Crippen LogP contribution in [0.15, 0.2) is 17.0 Å². The molecule has 0 spiro atoms. The maximum absolute atomic E-state index is 12.8. The molecule has 0 aliphatic carbocycles. The normalized spacial score (nSPS) is 19.5. The van der Waals surface area contributed by atoms with E-state index < -0.39 is 14.9 Å². The Morgan fingerprint density at radius 3 is 2.32 bits per heavy atom. The first-order chi connectivity index (χ1) is 9.73. The van der Waals surface area contributed by atoms with Crippen LogP contribution in [0.25, 0.3) is 0 Å². The van der Waals surface area contributed by atoms with Crippen molar-refractivity contribution in [2.24, 2.45) is 0 Å². The predicted octanol–water partition coefficient (Wildman–Crippen LogP) is 1.62. The van der Waals surface area contributed by atoms with Gasteiger partial charge in [-0.3, -0.25) is 10.1 Å². The van der Waals surface area contributed by atoms with Gasteiger partial charge in [-0.05, 0) is 31.9 Å². The van der Waals surface area contributed by atoms with Crippen LogP contribution in [-0.4, -0.2) is 43.3 Å². The summed E-state index contributed by atoms with van der Waals surface area (Å²) in [7, 11) is -3.63. The van der Waals surface area contributed by atoms with Crippen LogP contribution >= 0.6 is 12.4 Å². The van der Waals surface area contributed by atoms with E-state index in [9.17, 15) is 18.5 Å². The molecule has 1 aromatic rings. The molecule has 1 heterocycles. The van der Waals surface area contributed by atoms with Crippen LogP contribution < -0.4 is 5.32 Å². The Kier molecular flexibility index (Phi) is 5.91. The standard InChI is InChI=1S/C13H19N3O4S.ClH/c1-9-6-12(16(17)18)7-10(2)13(9)21(19,20)15-5-4-14-11(3)8-15;/h6-7,11,14H,4-5,8H2,1-3H3;1H. The lowest BCUT2D eigenvalue weighted by Crippen LogP contribution is -2.51. The fourth-order valence-electron chi connectivity index (χ4n) is 2.68. The topological polar surface area (TPSA) is 92.5 Å². The lowest BCUT2D eigenvalue weighted by Gasteiger charge is -2.31. The van der Waals surface area contributed by atoms with Crippen molar-refractivity contribution in [2.75, 3.05) is 19.6 Å². The highest BCUT2D eigenvalue weighted by Crippen LogP contribution is 2.28. The van der Waals surface area contributed by atoms with Gasteiger partial charge in [0.15, 0.2) is 0 Å². The largest absolute Gasteiger partial charge is 0.312 e. The number of rotatable bonds is 3. The number of nitrogens with one attached hydrogen (secondary N) is 1. The van der Waals surface area contributed by atoms with Crippen LogP contribution in [0.3, 0.4) is 0 Å². The number of benzene rings is 1. The lowest BCUT2D eigenvalue weighted by molar-refractivity contribution is -0.385. The molecule has 0 amide bonds. The van der Waals surface area contributed by atoms with Gasteiger partial charge in [0.2, 0.25) is 10.0 Å². The zero-order chi connectivity index (χ0) is 15.8. The predicted molar refractivity (Wildman–Crippen MR) is 86.0 cm³/mol. The molecule has 1 fully saturated rings. The fraction of sp³-hybridized carbons (Fsp3) is 0.538. The zero-order valence-corrected chi connectivity index (χ0v) is 14.3. The number of halogens is 1. The summed E-state index contributed by atoms with van der Waals surface area (Å²) < 4.78 is 27.0. The molecule has 1 unspecified atom stereocenters. The summed E-state index contributed by atoms with van der Waals surface area (Å²) in [5, 5.41) is 14.0. The van der Waals surface area contributed by atoms with Crippen LogP contribution in [-0.2, 0) is 10.0 Å². The van der Waals surface area contributed by atoms with Gasteiger partial charge in [0.05, 0.1) is 9.82 Å². The average Bonchev–Trinajstić information content (AvgIpc) is 2.37. The van der Waals surface area contributed by atoms with Gasteiger partial charge in [-0.15, -0.1) is 12.4 Å². The monoisotopic (exact) mass is 349 g/mol. The quantitative estimate of drug-likeness (QED) is 0.661. The van der Waals surface area contributed by atoms with E-state index >= 15 is 0 Å². The first-order valence-electron chi connectivity index (χ1n) is 6.72. The van der Waals surface area contributed by atoms with Gasteiger partial charge in [-0.2, -0.15) is 4.31 Å². The Morgan fingerprint density at radius 1 is 1.32 bits per heavy atom. The molecule has 1 aromatic carbocycles. The van der Waals surface area contributed by atoms with Crippen molar-refractivity contribution in [2.45, 2.75) is 31.7 Å². The van der Waals surface area contributed by atoms with Gasteiger partial charge in [0.1, 0.15) is 0 Å². The number of nitro groups is 1. The summed E-state index contributed by atoms with van der Waals surface area (Å²) >= 11 is 0. The Hall–Kier alpha value is -1.22. The average molecular weight is 350 g/mol. The van der Waals surface area contributed by atoms with Crippen LogP contribution in [0.4, 0.5) is 5.69 Å². The van der Waals surface area contributed by atoms with E-state index in [1.807, 2.05) is 6.92 Å². The molecule has 0 radical (unpaired) electrons. The van der Waals surface area contributed by atoms with Crippen LogP contribution in [0.1, 0.15) is 18.1 Å². The number of piperazine rings is 1. The third kappa shape index (κ3) is 3.57. The summed E-state index contributed by atoms with van der Waals surface area (Å²) in [5.41, 5.74) is 0.735. The summed E-state index contributed by atoms with van der Waals surface area (Å²) in [6, 6.07) is 2.71. The first kappa shape index (κ1) is 18.8. The van der Waals surface area contributed by atoms with Gasteiger partial charge in [0.25, 0.3) is 5.69 Å². The Bertz CT molecular complexity index is 655. The number of sulfonamides is 1. The third-order valence-corrected chi connectivity index (χ3v) is 5.76. The second-order valence-corrected chi connectivity index (χ2v) is 7.26. The SMILES string of the molecule is Cc1cc([N+](=O)[O-])cc(C)c1S(=O)(=O)N1CCNC(C)C1.Cl. The van der Waals surface area contributed by atoms with E-state index in [2.05, 4.69) is 5.32 Å². The highest BCUT2D eigenvalue weighted by Gasteiger charge is 2.31. The van der Waals surface area contributed by atoms with Crippen molar-refractivity contribution >= 4 is 28.1 Å². The second-order valence-electron chi connectivity index (χ2n) is 5.38. The molecule has 0 aromatic heterocycles. The van der Waals surface area contributed by atoms with Gasteiger partial charge in [-0.1, -0.05) is 0 Å². The molecule has 124 valence electrons. The minimum atomic E-state index is -3.63. The molecule has 1 atom stereocenters. The number of aryl methyl sites for hydroxylation is 2. The van der Waals surface area contributed by atoms with Crippen molar-refractivity contribution < 1.29 is 13.3 Å². The molecular formula is C13H20ClN3O4S. The van der Waals surface area contributed by atoms with E-state index in [-0.39, 0.29) is 29.0 Å². The van der Waals surface area contributed by atoms with E-state index in [4.69, 9.17) is 0 Å².